The number of aromatic hydroxyl groups is 1. The summed E-state index contributed by atoms with van der Waals surface area (Å²) in [5.74, 6) is 1.79. The number of pyridine rings is 2. The van der Waals surface area contributed by atoms with Crippen molar-refractivity contribution in [1.29, 1.82) is 0 Å². The molecule has 0 atom stereocenters. The lowest BCUT2D eigenvalue weighted by Crippen LogP contribution is -2.08. The number of aryl methyl sites for hydroxylation is 2. The number of hydrogen-bond donors (Lipinski definition) is 1. The minimum atomic E-state index is 0.278. The first-order valence-corrected chi connectivity index (χ1v) is 14.8. The molecular formula is C37H34N4O. The molecule has 0 aliphatic heterocycles. The normalized spacial score (nSPS) is 12.6. The zero-order valence-electron chi connectivity index (χ0n) is 24.5. The van der Waals surface area contributed by atoms with Crippen molar-refractivity contribution in [3.05, 3.63) is 114 Å². The summed E-state index contributed by atoms with van der Waals surface area (Å²) >= 11 is 0. The Labute approximate surface area is 246 Å². The largest absolute Gasteiger partial charge is 0.507 e. The number of nitrogens with zero attached hydrogens (tertiary/aromatic N) is 4. The fourth-order valence-corrected chi connectivity index (χ4v) is 6.33. The Hall–Kier alpha value is -4.77. The monoisotopic (exact) mass is 550 g/mol. The Morgan fingerprint density at radius 1 is 0.714 bits per heavy atom. The molecule has 0 amide bonds. The molecule has 208 valence electrons. The number of phenolic OH excluding ortho intramolecular Hbond substituents is 1. The number of hydrogen-bond acceptors (Lipinski definition) is 4. The average Bonchev–Trinajstić information content (AvgIpc) is 3.45. The summed E-state index contributed by atoms with van der Waals surface area (Å²) in [7, 11) is 0. The van der Waals surface area contributed by atoms with Crippen LogP contribution in [0.5, 0.6) is 5.75 Å². The van der Waals surface area contributed by atoms with Crippen LogP contribution in [0.15, 0.2) is 91.3 Å². The SMILES string of the molecule is CC(C)c1cccc(C(C)C)c1-n1cc(-c2ccc3c(n2)-c2c(O)cccc2CC3)nc1-c1ccnc2ccccc12. The first-order chi connectivity index (χ1) is 20.4. The van der Waals surface area contributed by atoms with Crippen molar-refractivity contribution < 1.29 is 5.11 Å². The molecule has 3 aromatic carbocycles. The van der Waals surface area contributed by atoms with Crippen LogP contribution in [0.3, 0.4) is 0 Å². The number of benzene rings is 3. The number of rotatable bonds is 5. The summed E-state index contributed by atoms with van der Waals surface area (Å²) in [5.41, 5.74) is 11.3. The molecule has 7 rings (SSSR count). The zero-order valence-corrected chi connectivity index (χ0v) is 24.5. The highest BCUT2D eigenvalue weighted by atomic mass is 16.3. The molecular weight excluding hydrogens is 516 g/mol. The second-order valence-electron chi connectivity index (χ2n) is 11.8. The van der Waals surface area contributed by atoms with E-state index in [0.29, 0.717) is 11.8 Å². The predicted octanol–water partition coefficient (Wildman–Crippen LogP) is 8.87. The molecule has 0 radical (unpaired) electrons. The van der Waals surface area contributed by atoms with E-state index in [1.54, 1.807) is 6.07 Å². The van der Waals surface area contributed by atoms with Gasteiger partial charge < -0.3 is 5.11 Å². The highest BCUT2D eigenvalue weighted by Gasteiger charge is 2.25. The van der Waals surface area contributed by atoms with E-state index in [1.165, 1.54) is 16.8 Å². The van der Waals surface area contributed by atoms with Crippen molar-refractivity contribution in [3.63, 3.8) is 0 Å². The lowest BCUT2D eigenvalue weighted by Gasteiger charge is -2.22. The van der Waals surface area contributed by atoms with Crippen LogP contribution >= 0.6 is 0 Å². The van der Waals surface area contributed by atoms with Crippen LogP contribution in [0.2, 0.25) is 0 Å². The molecule has 5 heteroatoms. The molecule has 0 fully saturated rings. The third-order valence-corrected chi connectivity index (χ3v) is 8.45. The maximum absolute atomic E-state index is 10.8. The Bertz CT molecular complexity index is 1940. The lowest BCUT2D eigenvalue weighted by atomic mass is 9.88. The van der Waals surface area contributed by atoms with Gasteiger partial charge in [0, 0.05) is 28.9 Å². The van der Waals surface area contributed by atoms with Crippen LogP contribution in [0.4, 0.5) is 0 Å². The van der Waals surface area contributed by atoms with Gasteiger partial charge in [-0.25, -0.2) is 9.97 Å². The molecule has 3 heterocycles. The van der Waals surface area contributed by atoms with Gasteiger partial charge in [0.15, 0.2) is 0 Å². The Kier molecular flexibility index (Phi) is 6.38. The molecule has 0 bridgehead atoms. The van der Waals surface area contributed by atoms with Gasteiger partial charge >= 0.3 is 0 Å². The van der Waals surface area contributed by atoms with Gasteiger partial charge in [-0.05, 0) is 71.2 Å². The van der Waals surface area contributed by atoms with Crippen molar-refractivity contribution in [1.82, 2.24) is 19.5 Å². The van der Waals surface area contributed by atoms with Crippen molar-refractivity contribution in [2.24, 2.45) is 0 Å². The Balaban J connectivity index is 1.51. The quantitative estimate of drug-likeness (QED) is 0.233. The molecule has 0 saturated heterocycles. The van der Waals surface area contributed by atoms with Gasteiger partial charge in [-0.3, -0.25) is 9.55 Å². The lowest BCUT2D eigenvalue weighted by molar-refractivity contribution is 0.476. The van der Waals surface area contributed by atoms with E-state index in [2.05, 4.69) is 98.0 Å². The van der Waals surface area contributed by atoms with Crippen LogP contribution in [0.25, 0.3) is 50.6 Å². The summed E-state index contributed by atoms with van der Waals surface area (Å²) in [6.07, 6.45) is 5.81. The summed E-state index contributed by atoms with van der Waals surface area (Å²) < 4.78 is 2.27. The number of fused-ring (bicyclic) bond motifs is 4. The molecule has 1 aliphatic carbocycles. The minimum Gasteiger partial charge on any atom is -0.507 e. The summed E-state index contributed by atoms with van der Waals surface area (Å²) in [4.78, 5) is 15.1. The standard InChI is InChI=1S/C37H34N4O/c1-22(2)26-11-8-12-27(23(3)4)36(26)41-21-32(40-37(41)29-19-20-38-30-13-6-5-10-28(29)30)31-18-17-25-16-15-24-9-7-14-33(42)34(24)35(25)39-31/h5-14,17-23,42H,15-16H2,1-4H3. The van der Waals surface area contributed by atoms with Gasteiger partial charge in [0.05, 0.1) is 22.6 Å². The van der Waals surface area contributed by atoms with Crippen LogP contribution < -0.4 is 0 Å². The highest BCUT2D eigenvalue weighted by molar-refractivity contribution is 5.93. The zero-order chi connectivity index (χ0) is 29.0. The van der Waals surface area contributed by atoms with E-state index >= 15 is 0 Å². The topological polar surface area (TPSA) is 63.8 Å². The Morgan fingerprint density at radius 2 is 1.45 bits per heavy atom. The van der Waals surface area contributed by atoms with E-state index in [1.807, 2.05) is 24.4 Å². The third kappa shape index (κ3) is 4.28. The number of phenols is 1. The van der Waals surface area contributed by atoms with Crippen molar-refractivity contribution in [2.45, 2.75) is 52.4 Å². The maximum atomic E-state index is 10.8. The molecule has 5 nitrogen and oxygen atoms in total. The van der Waals surface area contributed by atoms with Gasteiger partial charge in [0.25, 0.3) is 0 Å². The summed E-state index contributed by atoms with van der Waals surface area (Å²) in [5, 5.41) is 11.9. The van der Waals surface area contributed by atoms with E-state index in [9.17, 15) is 5.11 Å². The molecule has 0 unspecified atom stereocenters. The molecule has 0 spiro atoms. The molecule has 6 aromatic rings. The van der Waals surface area contributed by atoms with Crippen LogP contribution in [0, 0.1) is 0 Å². The second-order valence-corrected chi connectivity index (χ2v) is 11.8. The second kappa shape index (κ2) is 10.3. The number of imidazole rings is 1. The van der Waals surface area contributed by atoms with E-state index in [0.717, 1.165) is 68.9 Å². The van der Waals surface area contributed by atoms with E-state index in [-0.39, 0.29) is 5.75 Å². The number of para-hydroxylation sites is 2. The van der Waals surface area contributed by atoms with Crippen molar-refractivity contribution in [3.8, 4) is 45.5 Å². The molecule has 1 N–H and O–H groups in total. The van der Waals surface area contributed by atoms with Gasteiger partial charge in [-0.1, -0.05) is 82.3 Å². The first kappa shape index (κ1) is 26.1. The predicted molar refractivity (Wildman–Crippen MR) is 170 cm³/mol. The van der Waals surface area contributed by atoms with Gasteiger partial charge in [0.1, 0.15) is 17.3 Å². The fourth-order valence-electron chi connectivity index (χ4n) is 6.33. The van der Waals surface area contributed by atoms with Gasteiger partial charge in [-0.2, -0.15) is 0 Å². The summed E-state index contributed by atoms with van der Waals surface area (Å²) in [6.45, 7) is 8.99. The Morgan fingerprint density at radius 3 is 2.24 bits per heavy atom. The molecule has 42 heavy (non-hydrogen) atoms. The average molecular weight is 551 g/mol. The molecule has 3 aromatic heterocycles. The maximum Gasteiger partial charge on any atom is 0.146 e. The number of aromatic nitrogens is 4. The highest BCUT2D eigenvalue weighted by Crippen LogP contribution is 2.41. The summed E-state index contributed by atoms with van der Waals surface area (Å²) in [6, 6.07) is 26.9. The van der Waals surface area contributed by atoms with Crippen LogP contribution in [-0.4, -0.2) is 24.6 Å². The van der Waals surface area contributed by atoms with Gasteiger partial charge in [-0.15, -0.1) is 0 Å². The third-order valence-electron chi connectivity index (χ3n) is 8.45. The first-order valence-electron chi connectivity index (χ1n) is 14.8. The molecule has 1 aliphatic rings. The van der Waals surface area contributed by atoms with E-state index < -0.39 is 0 Å². The smallest absolute Gasteiger partial charge is 0.146 e. The van der Waals surface area contributed by atoms with Crippen LogP contribution in [0.1, 0.15) is 61.8 Å². The molecule has 0 saturated carbocycles. The fraction of sp³-hybridized carbons (Fsp3) is 0.216. The van der Waals surface area contributed by atoms with E-state index in [4.69, 9.17) is 9.97 Å². The minimum absolute atomic E-state index is 0.278. The van der Waals surface area contributed by atoms with Gasteiger partial charge in [0.2, 0.25) is 0 Å². The van der Waals surface area contributed by atoms with Crippen LogP contribution in [-0.2, 0) is 12.8 Å². The van der Waals surface area contributed by atoms with Crippen molar-refractivity contribution in [2.75, 3.05) is 0 Å². The van der Waals surface area contributed by atoms with Crippen molar-refractivity contribution >= 4 is 10.9 Å².